The van der Waals surface area contributed by atoms with Gasteiger partial charge in [-0.2, -0.15) is 0 Å². The summed E-state index contributed by atoms with van der Waals surface area (Å²) >= 11 is -4.01. The van der Waals surface area contributed by atoms with E-state index in [4.69, 9.17) is 8.19 Å². The third kappa shape index (κ3) is 4.90. The Morgan fingerprint density at radius 3 is 1.83 bits per heavy atom. The Labute approximate surface area is 48.7 Å². The van der Waals surface area contributed by atoms with Crippen LogP contribution in [0.3, 0.4) is 0 Å². The van der Waals surface area contributed by atoms with Crippen molar-refractivity contribution < 1.29 is 34.0 Å². The Hall–Kier alpha value is 0.901. The SMILES string of the molecule is O=[As](O)(O)[O][Re]. The summed E-state index contributed by atoms with van der Waals surface area (Å²) in [6.07, 6.45) is 0. The molecule has 0 saturated heterocycles. The number of hydrogen-bond donors (Lipinski definition) is 2. The first kappa shape index (κ1) is 6.90. The summed E-state index contributed by atoms with van der Waals surface area (Å²) in [6.45, 7) is 0. The molecule has 0 fully saturated rings. The monoisotopic (exact) mass is 328 g/mol. The minimum absolute atomic E-state index is 0.628. The minimum atomic E-state index is -4.64. The van der Waals surface area contributed by atoms with Crippen molar-refractivity contribution in [2.45, 2.75) is 0 Å². The quantitative estimate of drug-likeness (QED) is 0.565. The Morgan fingerprint density at radius 1 is 1.67 bits per heavy atom. The molecule has 0 aromatic rings. The van der Waals surface area contributed by atoms with E-state index >= 15 is 0 Å². The zero-order valence-corrected chi connectivity index (χ0v) is 7.13. The molecule has 0 aliphatic rings. The van der Waals surface area contributed by atoms with E-state index in [0.717, 1.165) is 0 Å². The summed E-state index contributed by atoms with van der Waals surface area (Å²) in [5.41, 5.74) is 0. The second-order valence-corrected chi connectivity index (χ2v) is 5.48. The van der Waals surface area contributed by atoms with Crippen LogP contribution in [0.4, 0.5) is 0 Å². The van der Waals surface area contributed by atoms with Crippen LogP contribution in [-0.2, 0) is 25.8 Å². The van der Waals surface area contributed by atoms with Crippen LogP contribution >= 0.6 is 0 Å². The molecule has 0 unspecified atom stereocenters. The van der Waals surface area contributed by atoms with Crippen LogP contribution in [0.5, 0.6) is 0 Å². The van der Waals surface area contributed by atoms with Crippen LogP contribution in [0.15, 0.2) is 0 Å². The molecule has 0 atom stereocenters. The fraction of sp³-hybridized carbons (Fsp3) is 0. The molecule has 0 spiro atoms. The van der Waals surface area contributed by atoms with Crippen molar-refractivity contribution in [1.82, 2.24) is 0 Å². The average molecular weight is 327 g/mol. The Bertz CT molecular complexity index is 71.6. The van der Waals surface area contributed by atoms with Gasteiger partial charge >= 0.3 is 48.5 Å². The van der Waals surface area contributed by atoms with Crippen molar-refractivity contribution in [1.29, 1.82) is 0 Å². The first-order chi connectivity index (χ1) is 2.56. The summed E-state index contributed by atoms with van der Waals surface area (Å²) in [4.78, 5) is 0. The zero-order chi connectivity index (χ0) is 5.21. The maximum absolute atomic E-state index is 9.55. The topological polar surface area (TPSA) is 66.8 Å². The Kier molecular flexibility index (Phi) is 2.61. The molecular formula is H2AsO4Re. The molecule has 0 rings (SSSR count). The van der Waals surface area contributed by atoms with E-state index < -0.39 is 14.5 Å². The predicted molar refractivity (Wildman–Crippen MR) is 12.0 cm³/mol. The molecule has 0 bridgehead atoms. The van der Waals surface area contributed by atoms with Gasteiger partial charge in [-0.05, 0) is 0 Å². The third-order valence-corrected chi connectivity index (χ3v) is 3.82. The van der Waals surface area contributed by atoms with Gasteiger partial charge in [0, 0.05) is 0 Å². The molecule has 0 amide bonds. The molecule has 0 aromatic carbocycles. The van der Waals surface area contributed by atoms with E-state index in [-0.39, 0.29) is 0 Å². The second-order valence-electron chi connectivity index (χ2n) is 0.560. The van der Waals surface area contributed by atoms with Gasteiger partial charge < -0.3 is 0 Å². The standard InChI is InChI=1S/AsH3O4.Re/c2-1(3,4)5;/h(H3,2,3,4,5);/q;+1/p-1. The number of rotatable bonds is 1. The van der Waals surface area contributed by atoms with Gasteiger partial charge in [0.2, 0.25) is 0 Å². The van der Waals surface area contributed by atoms with E-state index in [2.05, 4.69) is 2.45 Å². The van der Waals surface area contributed by atoms with Gasteiger partial charge in [-0.1, -0.05) is 0 Å². The normalized spacial score (nSPS) is 11.8. The van der Waals surface area contributed by atoms with Crippen LogP contribution < -0.4 is 0 Å². The van der Waals surface area contributed by atoms with E-state index in [1.807, 2.05) is 0 Å². The van der Waals surface area contributed by atoms with Crippen LogP contribution in [0.2, 0.25) is 0 Å². The van der Waals surface area contributed by atoms with Gasteiger partial charge in [-0.25, -0.2) is 0 Å². The molecule has 0 aliphatic carbocycles. The van der Waals surface area contributed by atoms with Crippen LogP contribution in [-0.4, -0.2) is 22.7 Å². The molecule has 0 heterocycles. The van der Waals surface area contributed by atoms with E-state index in [1.165, 1.54) is 0 Å². The Balaban J connectivity index is 3.48. The van der Waals surface area contributed by atoms with E-state index in [1.54, 1.807) is 0 Å². The molecule has 0 aromatic heterocycles. The Morgan fingerprint density at radius 2 is 1.83 bits per heavy atom. The molecule has 0 radical (unpaired) electrons. The first-order valence-corrected chi connectivity index (χ1v) is 5.24. The van der Waals surface area contributed by atoms with Crippen LogP contribution in [0.25, 0.3) is 0 Å². The fourth-order valence-corrected chi connectivity index (χ4v) is 0. The van der Waals surface area contributed by atoms with Gasteiger partial charge in [0.05, 0.1) is 0 Å². The average Bonchev–Trinajstić information content (AvgIpc) is 1.35. The maximum atomic E-state index is 9.55. The molecular weight excluding hydrogens is 325 g/mol. The molecule has 38 valence electrons. The van der Waals surface area contributed by atoms with Gasteiger partial charge in [-0.15, -0.1) is 0 Å². The van der Waals surface area contributed by atoms with Crippen molar-refractivity contribution in [2.24, 2.45) is 0 Å². The zero-order valence-electron chi connectivity index (χ0n) is 2.54. The van der Waals surface area contributed by atoms with Crippen molar-refractivity contribution in [2.75, 3.05) is 0 Å². The van der Waals surface area contributed by atoms with Gasteiger partial charge in [0.15, 0.2) is 0 Å². The van der Waals surface area contributed by atoms with Crippen molar-refractivity contribution >= 4 is 14.5 Å². The van der Waals surface area contributed by atoms with E-state index in [9.17, 15) is 3.74 Å². The molecule has 0 aliphatic heterocycles. The van der Waals surface area contributed by atoms with Crippen LogP contribution in [0, 0.1) is 0 Å². The first-order valence-electron chi connectivity index (χ1n) is 0.919. The van der Waals surface area contributed by atoms with E-state index in [0.29, 0.717) is 19.6 Å². The van der Waals surface area contributed by atoms with Gasteiger partial charge in [0.25, 0.3) is 0 Å². The van der Waals surface area contributed by atoms with Gasteiger partial charge in [0.1, 0.15) is 0 Å². The molecule has 6 heteroatoms. The van der Waals surface area contributed by atoms with Crippen molar-refractivity contribution in [3.05, 3.63) is 0 Å². The summed E-state index contributed by atoms with van der Waals surface area (Å²) in [5, 5.41) is 0. The van der Waals surface area contributed by atoms with Crippen molar-refractivity contribution in [3.63, 3.8) is 0 Å². The second kappa shape index (κ2) is 2.27. The van der Waals surface area contributed by atoms with Gasteiger partial charge in [-0.3, -0.25) is 0 Å². The molecule has 4 nitrogen and oxygen atoms in total. The van der Waals surface area contributed by atoms with Crippen molar-refractivity contribution in [3.8, 4) is 0 Å². The molecule has 2 N–H and O–H groups in total. The fourth-order valence-electron chi connectivity index (χ4n) is 0. The molecule has 0 saturated carbocycles. The molecule has 6 heavy (non-hydrogen) atoms. The summed E-state index contributed by atoms with van der Waals surface area (Å²) in [5.74, 6) is 0. The summed E-state index contributed by atoms with van der Waals surface area (Å²) < 4.78 is 28.8. The summed E-state index contributed by atoms with van der Waals surface area (Å²) in [6, 6.07) is 0. The third-order valence-electron chi connectivity index (χ3n) is 0.0899. The van der Waals surface area contributed by atoms with Crippen LogP contribution in [0.1, 0.15) is 0 Å². The number of hydrogen-bond acceptors (Lipinski definition) is 2. The summed E-state index contributed by atoms with van der Waals surface area (Å²) in [7, 11) is 0. The predicted octanol–water partition coefficient (Wildman–Crippen LogP) is -1.68.